The number of sulfonamides is 1. The number of alkyl halides is 3. The molecule has 0 bridgehead atoms. The summed E-state index contributed by atoms with van der Waals surface area (Å²) in [4.78, 5) is 35.8. The third-order valence-electron chi connectivity index (χ3n) is 7.79. The summed E-state index contributed by atoms with van der Waals surface area (Å²) in [7, 11) is -4.38. The number of carboxylic acid groups (broad SMARTS) is 1. The Morgan fingerprint density at radius 1 is 0.978 bits per heavy atom. The zero-order chi connectivity index (χ0) is 33.0. The molecule has 3 aromatic rings. The van der Waals surface area contributed by atoms with Crippen molar-refractivity contribution < 1.29 is 36.3 Å². The summed E-state index contributed by atoms with van der Waals surface area (Å²) in [5, 5.41) is 15.9. The van der Waals surface area contributed by atoms with Gasteiger partial charge in [-0.25, -0.2) is 18.4 Å². The van der Waals surface area contributed by atoms with Crippen molar-refractivity contribution in [2.75, 3.05) is 29.9 Å². The second-order valence-electron chi connectivity index (χ2n) is 11.8. The van der Waals surface area contributed by atoms with Crippen LogP contribution in [-0.4, -0.2) is 66.6 Å². The molecule has 0 saturated carbocycles. The zero-order valence-corrected chi connectivity index (χ0v) is 25.7. The number of halogens is 3. The molecule has 0 spiro atoms. The Morgan fingerprint density at radius 2 is 1.60 bits per heavy atom. The fraction of sp³-hybridized carbons (Fsp3) is 0.400. The highest BCUT2D eigenvalue weighted by molar-refractivity contribution is 7.89. The zero-order valence-electron chi connectivity index (χ0n) is 24.9. The smallest absolute Gasteiger partial charge is 0.416 e. The number of carboxylic acids is 1. The van der Waals surface area contributed by atoms with E-state index in [4.69, 9.17) is 0 Å². The van der Waals surface area contributed by atoms with Crippen LogP contribution in [0, 0.1) is 5.41 Å². The van der Waals surface area contributed by atoms with Gasteiger partial charge in [-0.2, -0.15) is 17.9 Å². The van der Waals surface area contributed by atoms with Crippen molar-refractivity contribution in [1.82, 2.24) is 20.0 Å². The van der Waals surface area contributed by atoms with Crippen LogP contribution in [-0.2, 0) is 21.0 Å². The van der Waals surface area contributed by atoms with Gasteiger partial charge < -0.3 is 20.6 Å². The van der Waals surface area contributed by atoms with Crippen LogP contribution in [0.25, 0.3) is 0 Å². The predicted molar refractivity (Wildman–Crippen MR) is 161 cm³/mol. The van der Waals surface area contributed by atoms with E-state index in [2.05, 4.69) is 25.3 Å². The van der Waals surface area contributed by atoms with Crippen LogP contribution in [0.3, 0.4) is 0 Å². The Bertz CT molecular complexity index is 1610. The Morgan fingerprint density at radius 3 is 2.16 bits per heavy atom. The van der Waals surface area contributed by atoms with E-state index < -0.39 is 51.1 Å². The van der Waals surface area contributed by atoms with Crippen LogP contribution in [0.2, 0.25) is 0 Å². The minimum Gasteiger partial charge on any atom is -0.480 e. The van der Waals surface area contributed by atoms with Gasteiger partial charge in [-0.3, -0.25) is 9.59 Å². The summed E-state index contributed by atoms with van der Waals surface area (Å²) in [5.74, 6) is -2.11. The summed E-state index contributed by atoms with van der Waals surface area (Å²) in [6, 6.07) is 11.8. The third kappa shape index (κ3) is 7.89. The molecule has 1 saturated heterocycles. The average molecular weight is 649 g/mol. The van der Waals surface area contributed by atoms with Crippen LogP contribution in [0.5, 0.6) is 0 Å². The lowest BCUT2D eigenvalue weighted by Crippen LogP contribution is -2.67. The molecule has 0 aliphatic carbocycles. The number of carbonyl (C=O) groups excluding carboxylic acids is 1. The van der Waals surface area contributed by atoms with Gasteiger partial charge in [0.05, 0.1) is 10.5 Å². The highest BCUT2D eigenvalue weighted by atomic mass is 32.2. The standard InChI is InChI=1S/C30H35F3N6O5S/c1-28(2,3)29(26(41)42,38-45(43,44)24-8-5-4-6-9-24)19-36-25(40)20-16-21(30(31,32)33)18-23(17-20)39-14-10-22(11-15-39)37-27-34-12-7-13-35-27/h4-9,12-13,16-18,22,38H,10-11,14-15,19H2,1-3H3,(H,36,40)(H,41,42)(H,34,35,37)/t29-/m1/s1. The summed E-state index contributed by atoms with van der Waals surface area (Å²) >= 11 is 0. The highest BCUT2D eigenvalue weighted by Gasteiger charge is 2.52. The minimum atomic E-state index is -4.77. The maximum atomic E-state index is 13.9. The van der Waals surface area contributed by atoms with E-state index >= 15 is 0 Å². The van der Waals surface area contributed by atoms with Crippen molar-refractivity contribution in [3.05, 3.63) is 78.1 Å². The number of benzene rings is 2. The van der Waals surface area contributed by atoms with Crippen molar-refractivity contribution in [3.8, 4) is 0 Å². The Kier molecular flexibility index (Phi) is 9.73. The Labute approximate surface area is 259 Å². The molecule has 15 heteroatoms. The van der Waals surface area contributed by atoms with Gasteiger partial charge in [0.1, 0.15) is 0 Å². The Balaban J connectivity index is 1.57. The van der Waals surface area contributed by atoms with Crippen LogP contribution in [0.15, 0.2) is 71.9 Å². The fourth-order valence-corrected chi connectivity index (χ4v) is 6.58. The maximum absolute atomic E-state index is 13.9. The molecule has 2 aromatic carbocycles. The summed E-state index contributed by atoms with van der Waals surface area (Å²) < 4.78 is 70.4. The number of aromatic nitrogens is 2. The van der Waals surface area contributed by atoms with E-state index in [9.17, 15) is 36.3 Å². The second kappa shape index (κ2) is 13.0. The number of aliphatic carboxylic acids is 1. The lowest BCUT2D eigenvalue weighted by Gasteiger charge is -2.41. The molecule has 242 valence electrons. The number of piperidine rings is 1. The van der Waals surface area contributed by atoms with Crippen molar-refractivity contribution in [2.45, 2.75) is 56.3 Å². The van der Waals surface area contributed by atoms with Crippen LogP contribution < -0.4 is 20.3 Å². The van der Waals surface area contributed by atoms with Gasteiger partial charge in [-0.05, 0) is 54.7 Å². The van der Waals surface area contributed by atoms with Crippen molar-refractivity contribution in [2.24, 2.45) is 5.41 Å². The summed E-state index contributed by atoms with van der Waals surface area (Å²) in [6.45, 7) is 4.46. The first kappa shape index (κ1) is 33.6. The second-order valence-corrected chi connectivity index (χ2v) is 13.5. The summed E-state index contributed by atoms with van der Waals surface area (Å²) in [6.07, 6.45) is -0.425. The molecule has 4 rings (SSSR count). The number of amides is 1. The quantitative estimate of drug-likeness (QED) is 0.254. The molecule has 1 aliphatic heterocycles. The number of nitrogens with zero attached hydrogens (tertiary/aromatic N) is 3. The van der Waals surface area contributed by atoms with E-state index in [1.165, 1.54) is 51.1 Å². The third-order valence-corrected chi connectivity index (χ3v) is 9.30. The molecule has 1 amide bonds. The number of hydrogen-bond donors (Lipinski definition) is 4. The molecule has 0 radical (unpaired) electrons. The number of hydrogen-bond acceptors (Lipinski definition) is 8. The molecule has 11 nitrogen and oxygen atoms in total. The van der Waals surface area contributed by atoms with Gasteiger partial charge in [0.15, 0.2) is 5.54 Å². The van der Waals surface area contributed by atoms with Gasteiger partial charge in [0.25, 0.3) is 5.91 Å². The number of nitrogens with one attached hydrogen (secondary N) is 3. The monoisotopic (exact) mass is 648 g/mol. The van der Waals surface area contributed by atoms with E-state index in [0.29, 0.717) is 37.9 Å². The van der Waals surface area contributed by atoms with E-state index in [1.807, 2.05) is 0 Å². The molecular weight excluding hydrogens is 613 g/mol. The predicted octanol–water partition coefficient (Wildman–Crippen LogP) is 4.15. The van der Waals surface area contributed by atoms with Crippen molar-refractivity contribution in [1.29, 1.82) is 0 Å². The first-order chi connectivity index (χ1) is 21.0. The number of carbonyl (C=O) groups is 2. The van der Waals surface area contributed by atoms with Gasteiger partial charge >= 0.3 is 12.1 Å². The number of anilines is 2. The molecule has 0 unspecified atom stereocenters. The first-order valence-electron chi connectivity index (χ1n) is 14.1. The fourth-order valence-electron chi connectivity index (χ4n) is 5.02. The van der Waals surface area contributed by atoms with Gasteiger partial charge in [0.2, 0.25) is 16.0 Å². The molecule has 1 fully saturated rings. The van der Waals surface area contributed by atoms with Crippen molar-refractivity contribution >= 4 is 33.5 Å². The molecule has 2 heterocycles. The minimum absolute atomic E-state index is 0.00146. The molecule has 1 aliphatic rings. The van der Waals surface area contributed by atoms with E-state index in [1.54, 1.807) is 29.4 Å². The summed E-state index contributed by atoms with van der Waals surface area (Å²) in [5.41, 5.74) is -4.78. The Hall–Kier alpha value is -4.24. The largest absolute Gasteiger partial charge is 0.480 e. The lowest BCUT2D eigenvalue weighted by molar-refractivity contribution is -0.148. The molecule has 45 heavy (non-hydrogen) atoms. The SMILES string of the molecule is CC(C)(C)[C@](CNC(=O)c1cc(N2CCC(Nc3ncccn3)CC2)cc(C(F)(F)F)c1)(NS(=O)(=O)c1ccccc1)C(=O)O. The molecular formula is C30H35F3N6O5S. The first-order valence-corrected chi connectivity index (χ1v) is 15.6. The topological polar surface area (TPSA) is 154 Å². The van der Waals surface area contributed by atoms with E-state index in [0.717, 1.165) is 6.07 Å². The van der Waals surface area contributed by atoms with Crippen molar-refractivity contribution in [3.63, 3.8) is 0 Å². The molecule has 1 aromatic heterocycles. The normalized spacial score (nSPS) is 16.1. The van der Waals surface area contributed by atoms with Crippen LogP contribution in [0.1, 0.15) is 49.5 Å². The van der Waals surface area contributed by atoms with Gasteiger partial charge in [-0.1, -0.05) is 39.0 Å². The lowest BCUT2D eigenvalue weighted by atomic mass is 9.74. The average Bonchev–Trinajstić information content (AvgIpc) is 2.99. The van der Waals surface area contributed by atoms with Gasteiger partial charge in [0, 0.05) is 49.3 Å². The highest BCUT2D eigenvalue weighted by Crippen LogP contribution is 2.35. The number of rotatable bonds is 10. The van der Waals surface area contributed by atoms with Crippen LogP contribution >= 0.6 is 0 Å². The van der Waals surface area contributed by atoms with E-state index in [-0.39, 0.29) is 22.2 Å². The van der Waals surface area contributed by atoms with Crippen LogP contribution in [0.4, 0.5) is 24.8 Å². The van der Waals surface area contributed by atoms with Gasteiger partial charge in [-0.15, -0.1) is 0 Å². The maximum Gasteiger partial charge on any atom is 0.416 e. The molecule has 4 N–H and O–H groups in total. The molecule has 1 atom stereocenters.